The summed E-state index contributed by atoms with van der Waals surface area (Å²) >= 11 is 0. The van der Waals surface area contributed by atoms with E-state index >= 15 is 0 Å². The van der Waals surface area contributed by atoms with E-state index in [4.69, 9.17) is 24.9 Å². The molecule has 0 saturated carbocycles. The Bertz CT molecular complexity index is 74.9. The first-order valence-corrected chi connectivity index (χ1v) is 1.54. The molecule has 0 saturated heterocycles. The van der Waals surface area contributed by atoms with E-state index in [1.807, 2.05) is 0 Å². The number of carbonyl (C=O) groups is 2. The Kier molecular flexibility index (Phi) is 36.2. The molecule has 1 N–H and O–H groups in total. The van der Waals surface area contributed by atoms with Crippen LogP contribution in [0.4, 0.5) is 4.79 Å². The van der Waals surface area contributed by atoms with Crippen LogP contribution in [0.3, 0.4) is 0 Å². The van der Waals surface area contributed by atoms with Gasteiger partial charge in [0.1, 0.15) is 0 Å². The molecule has 0 aliphatic carbocycles. The van der Waals surface area contributed by atoms with Crippen LogP contribution in [0.15, 0.2) is 0 Å². The first-order valence-electron chi connectivity index (χ1n) is 1.54. The van der Waals surface area contributed by atoms with Crippen LogP contribution in [0.25, 0.3) is 0 Å². The van der Waals surface area contributed by atoms with Crippen molar-refractivity contribution in [3.05, 3.63) is 0 Å². The Morgan fingerprint density at radius 3 is 1.30 bits per heavy atom. The van der Waals surface area contributed by atoms with Gasteiger partial charge in [0.2, 0.25) is 0 Å². The topological polar surface area (TPSA) is 100 Å². The smallest absolute Gasteiger partial charge is 0.652 e. The van der Waals surface area contributed by atoms with E-state index in [2.05, 4.69) is 0 Å². The van der Waals surface area contributed by atoms with Gasteiger partial charge in [0.05, 0.1) is 0 Å². The number of hydrogen-bond donors (Lipinski definition) is 1. The van der Waals surface area contributed by atoms with Gasteiger partial charge in [-0.2, -0.15) is 0 Å². The van der Waals surface area contributed by atoms with Gasteiger partial charge in [-0.05, 0) is 6.16 Å². The maximum Gasteiger partial charge on any atom is 1.00 e. The molecule has 0 heterocycles. The van der Waals surface area contributed by atoms with E-state index in [1.165, 1.54) is 0 Å². The van der Waals surface area contributed by atoms with Gasteiger partial charge in [0, 0.05) is 6.92 Å². The number of hydrogen-bond acceptors (Lipinski definition) is 4. The molecule has 0 bridgehead atoms. The Hall–Kier alpha value is 0.259. The van der Waals surface area contributed by atoms with Gasteiger partial charge in [-0.25, -0.2) is 0 Å². The fourth-order valence-electron chi connectivity index (χ4n) is 0. The Morgan fingerprint density at radius 1 is 1.30 bits per heavy atom. The summed E-state index contributed by atoms with van der Waals surface area (Å²) in [4.78, 5) is 17.3. The van der Waals surface area contributed by atoms with E-state index in [9.17, 15) is 0 Å². The minimum atomic E-state index is -2.33. The van der Waals surface area contributed by atoms with Crippen LogP contribution in [0.1, 0.15) is 6.92 Å². The molecule has 0 aromatic heterocycles. The molecule has 0 spiro atoms. The van der Waals surface area contributed by atoms with Gasteiger partial charge >= 0.3 is 46.6 Å². The molecule has 0 aliphatic rings. The van der Waals surface area contributed by atoms with Gasteiger partial charge in [-0.15, -0.1) is 0 Å². The maximum atomic E-state index is 9.00. The number of carbonyl (C=O) groups excluding carboxylic acids is 1. The SMILES string of the molecule is CC(=O)O.O=C([O-])[O-].[Cu+].[Na+]. The summed E-state index contributed by atoms with van der Waals surface area (Å²) in [6, 6.07) is 0. The number of rotatable bonds is 0. The van der Waals surface area contributed by atoms with Gasteiger partial charge in [0.25, 0.3) is 5.97 Å². The molecule has 0 atom stereocenters. The Morgan fingerprint density at radius 2 is 1.30 bits per heavy atom. The third kappa shape index (κ3) is 6460. The largest absolute Gasteiger partial charge is 1.00 e. The zero-order chi connectivity index (χ0) is 7.15. The quantitative estimate of drug-likeness (QED) is 0.399. The van der Waals surface area contributed by atoms with Crippen molar-refractivity contribution >= 4 is 12.1 Å². The molecular formula is C3H4CuNaO5. The Balaban J connectivity index is -0.0000000300. The molecule has 58 valence electrons. The summed E-state index contributed by atoms with van der Waals surface area (Å²) in [7, 11) is 0. The monoisotopic (exact) mass is 206 g/mol. The number of carboxylic acid groups (broad SMARTS) is 3. The molecule has 0 aliphatic heterocycles. The van der Waals surface area contributed by atoms with Gasteiger partial charge in [0.15, 0.2) is 0 Å². The van der Waals surface area contributed by atoms with Crippen LogP contribution in [0.2, 0.25) is 0 Å². The van der Waals surface area contributed by atoms with E-state index < -0.39 is 12.1 Å². The summed E-state index contributed by atoms with van der Waals surface area (Å²) in [6.07, 6.45) is -2.33. The minimum absolute atomic E-state index is 0. The second-order valence-electron chi connectivity index (χ2n) is 0.769. The predicted molar refractivity (Wildman–Crippen MR) is 18.7 cm³/mol. The molecule has 0 aromatic rings. The van der Waals surface area contributed by atoms with E-state index in [-0.39, 0.29) is 46.6 Å². The number of carboxylic acids is 1. The van der Waals surface area contributed by atoms with E-state index in [1.54, 1.807) is 0 Å². The molecule has 10 heavy (non-hydrogen) atoms. The summed E-state index contributed by atoms with van der Waals surface area (Å²) in [6.45, 7) is 1.08. The van der Waals surface area contributed by atoms with Crippen LogP contribution >= 0.6 is 0 Å². The number of aliphatic carboxylic acids is 1. The van der Waals surface area contributed by atoms with Crippen molar-refractivity contribution < 1.29 is 71.5 Å². The molecule has 7 heteroatoms. The average molecular weight is 207 g/mol. The predicted octanol–water partition coefficient (Wildman–Crippen LogP) is -5.35. The Labute approximate surface area is 90.2 Å². The maximum absolute atomic E-state index is 9.00. The van der Waals surface area contributed by atoms with Crippen molar-refractivity contribution in [3.63, 3.8) is 0 Å². The molecule has 0 unspecified atom stereocenters. The molecule has 0 rings (SSSR count). The third-order valence-corrected chi connectivity index (χ3v) is 0. The van der Waals surface area contributed by atoms with Gasteiger partial charge in [-0.1, -0.05) is 0 Å². The van der Waals surface area contributed by atoms with Gasteiger partial charge in [-0.3, -0.25) is 4.79 Å². The van der Waals surface area contributed by atoms with Gasteiger partial charge < -0.3 is 20.1 Å². The molecule has 5 nitrogen and oxygen atoms in total. The van der Waals surface area contributed by atoms with Crippen LogP contribution in [0, 0.1) is 0 Å². The summed E-state index contributed by atoms with van der Waals surface area (Å²) in [5.41, 5.74) is 0. The van der Waals surface area contributed by atoms with E-state index in [0.29, 0.717) is 0 Å². The first-order chi connectivity index (χ1) is 3.46. The second kappa shape index (κ2) is 16.1. The fraction of sp³-hybridized carbons (Fsp3) is 0.333. The minimum Gasteiger partial charge on any atom is -0.652 e. The molecule has 0 aromatic carbocycles. The van der Waals surface area contributed by atoms with Crippen molar-refractivity contribution in [2.75, 3.05) is 0 Å². The van der Waals surface area contributed by atoms with E-state index in [0.717, 1.165) is 6.92 Å². The zero-order valence-electron chi connectivity index (χ0n) is 5.38. The van der Waals surface area contributed by atoms with Crippen molar-refractivity contribution in [1.82, 2.24) is 0 Å². The van der Waals surface area contributed by atoms with Crippen molar-refractivity contribution in [3.8, 4) is 0 Å². The second-order valence-corrected chi connectivity index (χ2v) is 0.769. The first kappa shape index (κ1) is 22.5. The van der Waals surface area contributed by atoms with Crippen molar-refractivity contribution in [1.29, 1.82) is 0 Å². The fourth-order valence-corrected chi connectivity index (χ4v) is 0. The average Bonchev–Trinajstić information content (AvgIpc) is 1.25. The van der Waals surface area contributed by atoms with Crippen LogP contribution < -0.4 is 39.8 Å². The molecular weight excluding hydrogens is 203 g/mol. The summed E-state index contributed by atoms with van der Waals surface area (Å²) < 4.78 is 0. The van der Waals surface area contributed by atoms with Crippen LogP contribution in [-0.2, 0) is 21.9 Å². The van der Waals surface area contributed by atoms with Crippen LogP contribution in [0.5, 0.6) is 0 Å². The summed E-state index contributed by atoms with van der Waals surface area (Å²) in [5.74, 6) is -0.833. The molecule has 0 radical (unpaired) electrons. The molecule has 0 fully saturated rings. The molecule has 0 amide bonds. The van der Waals surface area contributed by atoms with Crippen LogP contribution in [-0.4, -0.2) is 17.2 Å². The van der Waals surface area contributed by atoms with Crippen molar-refractivity contribution in [2.45, 2.75) is 6.92 Å². The normalized spacial score (nSPS) is 4.90. The van der Waals surface area contributed by atoms with Crippen molar-refractivity contribution in [2.24, 2.45) is 0 Å². The summed E-state index contributed by atoms with van der Waals surface area (Å²) in [5, 5.41) is 24.1. The third-order valence-electron chi connectivity index (χ3n) is 0. The zero-order valence-corrected chi connectivity index (χ0v) is 8.32. The standard InChI is InChI=1S/C2H4O2.CH2O3.Cu.Na/c1-2(3)4;2-1(3)4;;/h1H3,(H,3,4);(H2,2,3,4);;/q;;2*+1/p-2.